The Morgan fingerprint density at radius 3 is 2.39 bits per heavy atom. The highest BCUT2D eigenvalue weighted by Gasteiger charge is 2.04. The first-order chi connectivity index (χ1) is 16.0. The fourth-order valence-electron chi connectivity index (χ4n) is 3.96. The van der Waals surface area contributed by atoms with Crippen molar-refractivity contribution < 1.29 is 5.11 Å². The molecule has 0 aromatic heterocycles. The van der Waals surface area contributed by atoms with Crippen LogP contribution in [0.25, 0.3) is 17.9 Å². The third-order valence-corrected chi connectivity index (χ3v) is 5.90. The van der Waals surface area contributed by atoms with Gasteiger partial charge >= 0.3 is 0 Å². The Kier molecular flexibility index (Phi) is 8.66. The van der Waals surface area contributed by atoms with E-state index in [1.807, 2.05) is 18.2 Å². The van der Waals surface area contributed by atoms with Gasteiger partial charge in [-0.2, -0.15) is 0 Å². The van der Waals surface area contributed by atoms with Crippen molar-refractivity contribution in [2.45, 2.75) is 39.5 Å². The smallest absolute Gasteiger partial charge is 0.115 e. The lowest BCUT2D eigenvalue weighted by molar-refractivity contribution is 0.512. The molecule has 3 aromatic carbocycles. The zero-order valence-electron chi connectivity index (χ0n) is 19.9. The zero-order valence-corrected chi connectivity index (χ0v) is 19.9. The van der Waals surface area contributed by atoms with Gasteiger partial charge < -0.3 is 5.11 Å². The van der Waals surface area contributed by atoms with Crippen LogP contribution in [0.15, 0.2) is 97.6 Å². The maximum Gasteiger partial charge on any atom is 0.115 e. The summed E-state index contributed by atoms with van der Waals surface area (Å²) in [6, 6.07) is 23.2. The standard InChI is InChI=1S/C32H34O/c1-5-27-19-21-30(25(3)22-27)20-17-24(2)16-18-29-11-8-10-28(23-29)12-9-14-31-13-6-7-15-32(31)26(4)33/h6-8,10-11,13,15-23,33H,2,4-5,9,12,14H2,1,3H3/b18-16+,20-17-. The highest BCUT2D eigenvalue weighted by atomic mass is 16.3. The van der Waals surface area contributed by atoms with Crippen LogP contribution in [0.2, 0.25) is 0 Å². The van der Waals surface area contributed by atoms with Gasteiger partial charge in [-0.05, 0) is 71.6 Å². The second-order valence-electron chi connectivity index (χ2n) is 8.49. The van der Waals surface area contributed by atoms with Crippen LogP contribution in [-0.4, -0.2) is 5.11 Å². The fraction of sp³-hybridized carbons (Fsp3) is 0.188. The maximum absolute atomic E-state index is 9.78. The van der Waals surface area contributed by atoms with Gasteiger partial charge in [0.1, 0.15) is 5.76 Å². The van der Waals surface area contributed by atoms with Crippen LogP contribution in [0.3, 0.4) is 0 Å². The number of benzene rings is 3. The molecule has 0 amide bonds. The van der Waals surface area contributed by atoms with Crippen LogP contribution in [0, 0.1) is 6.92 Å². The number of allylic oxidation sites excluding steroid dienone is 3. The van der Waals surface area contributed by atoms with Gasteiger partial charge in [-0.3, -0.25) is 0 Å². The van der Waals surface area contributed by atoms with Gasteiger partial charge in [-0.25, -0.2) is 0 Å². The molecule has 1 heteroatoms. The molecule has 1 N–H and O–H groups in total. The highest BCUT2D eigenvalue weighted by molar-refractivity contribution is 5.61. The minimum Gasteiger partial charge on any atom is -0.508 e. The number of rotatable bonds is 10. The molecule has 0 aliphatic rings. The van der Waals surface area contributed by atoms with Crippen LogP contribution in [-0.2, 0) is 19.3 Å². The number of aliphatic hydroxyl groups excluding tert-OH is 1. The van der Waals surface area contributed by atoms with Gasteiger partial charge in [-0.1, -0.05) is 111 Å². The van der Waals surface area contributed by atoms with Gasteiger partial charge in [-0.15, -0.1) is 0 Å². The van der Waals surface area contributed by atoms with Crippen molar-refractivity contribution in [3.63, 3.8) is 0 Å². The van der Waals surface area contributed by atoms with Crippen LogP contribution >= 0.6 is 0 Å². The van der Waals surface area contributed by atoms with Crippen molar-refractivity contribution in [2.75, 3.05) is 0 Å². The highest BCUT2D eigenvalue weighted by Crippen LogP contribution is 2.19. The average Bonchev–Trinajstić information content (AvgIpc) is 2.82. The second kappa shape index (κ2) is 11.9. The molecular weight excluding hydrogens is 400 g/mol. The monoisotopic (exact) mass is 434 g/mol. The van der Waals surface area contributed by atoms with Gasteiger partial charge in [0.25, 0.3) is 0 Å². The number of aryl methyl sites for hydroxylation is 4. The summed E-state index contributed by atoms with van der Waals surface area (Å²) < 4.78 is 0. The minimum absolute atomic E-state index is 0.139. The van der Waals surface area contributed by atoms with Gasteiger partial charge in [0.15, 0.2) is 0 Å². The van der Waals surface area contributed by atoms with Crippen LogP contribution in [0.1, 0.15) is 52.3 Å². The first-order valence-electron chi connectivity index (χ1n) is 11.7. The summed E-state index contributed by atoms with van der Waals surface area (Å²) >= 11 is 0. The molecule has 0 saturated carbocycles. The Morgan fingerprint density at radius 2 is 1.64 bits per heavy atom. The maximum atomic E-state index is 9.78. The van der Waals surface area contributed by atoms with Crippen LogP contribution in [0.5, 0.6) is 0 Å². The molecule has 0 bridgehead atoms. The zero-order chi connectivity index (χ0) is 23.6. The molecule has 3 rings (SSSR count). The van der Waals surface area contributed by atoms with E-state index in [2.05, 4.69) is 99.8 Å². The van der Waals surface area contributed by atoms with E-state index in [4.69, 9.17) is 0 Å². The predicted molar refractivity (Wildman–Crippen MR) is 144 cm³/mol. The van der Waals surface area contributed by atoms with E-state index in [1.165, 1.54) is 27.8 Å². The first-order valence-corrected chi connectivity index (χ1v) is 11.7. The van der Waals surface area contributed by atoms with Crippen molar-refractivity contribution in [2.24, 2.45) is 0 Å². The van der Waals surface area contributed by atoms with Gasteiger partial charge in [0, 0.05) is 5.56 Å². The summed E-state index contributed by atoms with van der Waals surface area (Å²) in [5.41, 5.74) is 9.34. The molecule has 0 unspecified atom stereocenters. The molecule has 0 heterocycles. The van der Waals surface area contributed by atoms with E-state index in [1.54, 1.807) is 0 Å². The van der Waals surface area contributed by atoms with Crippen LogP contribution in [0.4, 0.5) is 0 Å². The van der Waals surface area contributed by atoms with E-state index in [9.17, 15) is 5.11 Å². The van der Waals surface area contributed by atoms with Crippen molar-refractivity contribution >= 4 is 17.9 Å². The Hall–Kier alpha value is -3.58. The van der Waals surface area contributed by atoms with Crippen LogP contribution < -0.4 is 0 Å². The fourth-order valence-corrected chi connectivity index (χ4v) is 3.96. The average molecular weight is 435 g/mol. The molecule has 168 valence electrons. The molecular formula is C32H34O. The molecule has 0 atom stereocenters. The number of aliphatic hydroxyl groups is 1. The molecule has 0 aliphatic carbocycles. The Labute approximate surface area is 199 Å². The van der Waals surface area contributed by atoms with E-state index >= 15 is 0 Å². The molecule has 0 radical (unpaired) electrons. The molecule has 33 heavy (non-hydrogen) atoms. The normalized spacial score (nSPS) is 11.3. The summed E-state index contributed by atoms with van der Waals surface area (Å²) in [4.78, 5) is 0. The summed E-state index contributed by atoms with van der Waals surface area (Å²) in [5, 5.41) is 9.78. The SMILES string of the molecule is C=C(/C=C\c1ccc(CC)cc1C)/C=C/c1cccc(CCCc2ccccc2C(=C)O)c1. The Morgan fingerprint density at radius 1 is 0.848 bits per heavy atom. The molecule has 0 spiro atoms. The van der Waals surface area contributed by atoms with E-state index in [0.717, 1.165) is 42.4 Å². The van der Waals surface area contributed by atoms with Crippen molar-refractivity contribution in [3.05, 3.63) is 137 Å². The summed E-state index contributed by atoms with van der Waals surface area (Å²) in [6.07, 6.45) is 12.4. The lowest BCUT2D eigenvalue weighted by Gasteiger charge is -2.08. The number of hydrogen-bond donors (Lipinski definition) is 1. The summed E-state index contributed by atoms with van der Waals surface area (Å²) in [6.45, 7) is 12.2. The van der Waals surface area contributed by atoms with Crippen molar-refractivity contribution in [1.82, 2.24) is 0 Å². The number of hydrogen-bond acceptors (Lipinski definition) is 1. The molecule has 0 aliphatic heterocycles. The van der Waals surface area contributed by atoms with E-state index < -0.39 is 0 Å². The molecule has 1 nitrogen and oxygen atoms in total. The quantitative estimate of drug-likeness (QED) is 0.250. The third kappa shape index (κ3) is 7.22. The third-order valence-electron chi connectivity index (χ3n) is 5.90. The lowest BCUT2D eigenvalue weighted by Crippen LogP contribution is -1.95. The molecule has 3 aromatic rings. The van der Waals surface area contributed by atoms with Crippen molar-refractivity contribution in [3.8, 4) is 0 Å². The summed E-state index contributed by atoms with van der Waals surface area (Å²) in [5.74, 6) is 0.139. The second-order valence-corrected chi connectivity index (χ2v) is 8.49. The van der Waals surface area contributed by atoms with Gasteiger partial charge in [0.2, 0.25) is 0 Å². The van der Waals surface area contributed by atoms with Gasteiger partial charge in [0.05, 0.1) is 0 Å². The Balaban J connectivity index is 1.57. The topological polar surface area (TPSA) is 20.2 Å². The Bertz CT molecular complexity index is 1180. The largest absolute Gasteiger partial charge is 0.508 e. The first kappa shape index (κ1) is 24.1. The van der Waals surface area contributed by atoms with E-state index in [-0.39, 0.29) is 5.76 Å². The summed E-state index contributed by atoms with van der Waals surface area (Å²) in [7, 11) is 0. The van der Waals surface area contributed by atoms with Crippen molar-refractivity contribution in [1.29, 1.82) is 0 Å². The minimum atomic E-state index is 0.139. The van der Waals surface area contributed by atoms with E-state index in [0.29, 0.717) is 0 Å². The predicted octanol–water partition coefficient (Wildman–Crippen LogP) is 8.54. The molecule has 0 fully saturated rings. The lowest BCUT2D eigenvalue weighted by atomic mass is 9.98. The molecule has 0 saturated heterocycles.